The van der Waals surface area contributed by atoms with Gasteiger partial charge in [-0.05, 0) is 79.2 Å². The Bertz CT molecular complexity index is 629. The molecule has 0 amide bonds. The zero-order valence-corrected chi connectivity index (χ0v) is 17.3. The molecule has 1 aromatic carbocycles. The van der Waals surface area contributed by atoms with E-state index in [0.29, 0.717) is 30.5 Å². The zero-order valence-electron chi connectivity index (χ0n) is 17.3. The average Bonchev–Trinajstić information content (AvgIpc) is 3.05. The van der Waals surface area contributed by atoms with Gasteiger partial charge in [0, 0.05) is 12.6 Å². The molecule has 1 aromatic rings. The van der Waals surface area contributed by atoms with Crippen LogP contribution < -0.4 is 10.1 Å². The van der Waals surface area contributed by atoms with E-state index in [1.807, 2.05) is 12.1 Å². The maximum Gasteiger partial charge on any atom is 0.122 e. The fourth-order valence-corrected chi connectivity index (χ4v) is 6.79. The minimum absolute atomic E-state index is 0.356. The van der Waals surface area contributed by atoms with Gasteiger partial charge in [0.1, 0.15) is 18.5 Å². The van der Waals surface area contributed by atoms with Crippen molar-refractivity contribution in [1.82, 2.24) is 5.32 Å². The molecule has 4 unspecified atom stereocenters. The summed E-state index contributed by atoms with van der Waals surface area (Å²) in [6.07, 6.45) is 7.97. The third-order valence-electron chi connectivity index (χ3n) is 7.73. The first-order valence-corrected chi connectivity index (χ1v) is 11.1. The number of aliphatic hydroxyl groups is 1. The monoisotopic (exact) mass is 371 g/mol. The summed E-state index contributed by atoms with van der Waals surface area (Å²) in [5.74, 6) is 4.24. The highest BCUT2D eigenvalue weighted by molar-refractivity contribution is 5.35. The topological polar surface area (TPSA) is 41.5 Å². The lowest BCUT2D eigenvalue weighted by molar-refractivity contribution is 0.0798. The predicted octanol–water partition coefficient (Wildman–Crippen LogP) is 4.74. The molecule has 27 heavy (non-hydrogen) atoms. The Morgan fingerprint density at radius 3 is 2.52 bits per heavy atom. The highest BCUT2D eigenvalue weighted by atomic mass is 16.5. The first-order valence-electron chi connectivity index (χ1n) is 11.1. The van der Waals surface area contributed by atoms with Crippen molar-refractivity contribution >= 4 is 0 Å². The van der Waals surface area contributed by atoms with Crippen molar-refractivity contribution in [2.24, 2.45) is 23.2 Å². The van der Waals surface area contributed by atoms with Gasteiger partial charge in [-0.2, -0.15) is 0 Å². The van der Waals surface area contributed by atoms with E-state index in [1.54, 1.807) is 0 Å². The molecule has 4 fully saturated rings. The van der Waals surface area contributed by atoms with Gasteiger partial charge in [0.05, 0.1) is 0 Å². The largest absolute Gasteiger partial charge is 0.491 e. The summed E-state index contributed by atoms with van der Waals surface area (Å²) >= 11 is 0. The number of hydrogen-bond donors (Lipinski definition) is 2. The molecule has 4 atom stereocenters. The van der Waals surface area contributed by atoms with Crippen molar-refractivity contribution in [3.05, 3.63) is 29.8 Å². The number of benzene rings is 1. The van der Waals surface area contributed by atoms with Crippen LogP contribution in [-0.2, 0) is 0 Å². The molecule has 4 bridgehead atoms. The smallest absolute Gasteiger partial charge is 0.122 e. The molecule has 4 aliphatic carbocycles. The van der Waals surface area contributed by atoms with E-state index in [4.69, 9.17) is 4.74 Å². The summed E-state index contributed by atoms with van der Waals surface area (Å²) in [6, 6.07) is 8.73. The molecule has 4 saturated carbocycles. The van der Waals surface area contributed by atoms with Crippen molar-refractivity contribution in [3.8, 4) is 5.75 Å². The van der Waals surface area contributed by atoms with Crippen molar-refractivity contribution in [1.29, 1.82) is 0 Å². The zero-order chi connectivity index (χ0) is 19.0. The van der Waals surface area contributed by atoms with Crippen molar-refractivity contribution in [2.45, 2.75) is 77.4 Å². The molecule has 0 radical (unpaired) electrons. The minimum Gasteiger partial charge on any atom is -0.491 e. The van der Waals surface area contributed by atoms with E-state index in [0.717, 1.165) is 23.5 Å². The lowest BCUT2D eigenvalue weighted by Gasteiger charge is -2.41. The van der Waals surface area contributed by atoms with Crippen LogP contribution in [0.15, 0.2) is 24.3 Å². The van der Waals surface area contributed by atoms with E-state index in [9.17, 15) is 5.11 Å². The average molecular weight is 372 g/mol. The SMILES string of the molecule is CCC(NCC(O)COc1ccccc1C(C)C)C12CC3CC(CC1C3)C2. The summed E-state index contributed by atoms with van der Waals surface area (Å²) in [6.45, 7) is 7.65. The number of para-hydroxylation sites is 1. The molecular weight excluding hydrogens is 334 g/mol. The lowest BCUT2D eigenvalue weighted by atomic mass is 9.70. The van der Waals surface area contributed by atoms with Gasteiger partial charge in [-0.3, -0.25) is 0 Å². The van der Waals surface area contributed by atoms with Crippen LogP contribution in [0.4, 0.5) is 0 Å². The first-order chi connectivity index (χ1) is 13.0. The molecule has 5 rings (SSSR count). The summed E-state index contributed by atoms with van der Waals surface area (Å²) in [4.78, 5) is 0. The van der Waals surface area contributed by atoms with E-state index >= 15 is 0 Å². The number of hydrogen-bond acceptors (Lipinski definition) is 3. The van der Waals surface area contributed by atoms with Gasteiger partial charge in [0.15, 0.2) is 0 Å². The molecule has 0 spiro atoms. The number of aliphatic hydroxyl groups excluding tert-OH is 1. The second-order valence-electron chi connectivity index (χ2n) is 9.80. The maximum atomic E-state index is 10.5. The van der Waals surface area contributed by atoms with Crippen LogP contribution in [-0.4, -0.2) is 30.4 Å². The molecule has 3 heteroatoms. The van der Waals surface area contributed by atoms with Crippen LogP contribution in [0.5, 0.6) is 5.75 Å². The molecular formula is C24H37NO2. The van der Waals surface area contributed by atoms with Gasteiger partial charge in [-0.1, -0.05) is 39.0 Å². The lowest BCUT2D eigenvalue weighted by Crippen LogP contribution is -2.48. The van der Waals surface area contributed by atoms with Crippen LogP contribution in [0.25, 0.3) is 0 Å². The normalized spacial score (nSPS) is 33.6. The first kappa shape index (κ1) is 19.3. The van der Waals surface area contributed by atoms with Gasteiger partial charge < -0.3 is 15.2 Å². The van der Waals surface area contributed by atoms with Crippen LogP contribution in [0.2, 0.25) is 0 Å². The van der Waals surface area contributed by atoms with Crippen LogP contribution in [0, 0.1) is 23.2 Å². The second-order valence-corrected chi connectivity index (χ2v) is 9.80. The highest BCUT2D eigenvalue weighted by Crippen LogP contribution is 2.67. The minimum atomic E-state index is -0.466. The Labute approximate surface area is 164 Å². The summed E-state index contributed by atoms with van der Waals surface area (Å²) in [5, 5.41) is 14.3. The fraction of sp³-hybridized carbons (Fsp3) is 0.750. The highest BCUT2D eigenvalue weighted by Gasteiger charge is 2.60. The Morgan fingerprint density at radius 1 is 1.15 bits per heavy atom. The summed E-state index contributed by atoms with van der Waals surface area (Å²) < 4.78 is 5.97. The Balaban J connectivity index is 1.31. The number of rotatable bonds is 9. The van der Waals surface area contributed by atoms with Gasteiger partial charge in [0.2, 0.25) is 0 Å². The summed E-state index contributed by atoms with van der Waals surface area (Å²) in [5.41, 5.74) is 1.73. The molecule has 0 aliphatic heterocycles. The van der Waals surface area contributed by atoms with Crippen molar-refractivity contribution < 1.29 is 9.84 Å². The molecule has 150 valence electrons. The van der Waals surface area contributed by atoms with E-state index in [1.165, 1.54) is 44.1 Å². The fourth-order valence-electron chi connectivity index (χ4n) is 6.79. The maximum absolute atomic E-state index is 10.5. The van der Waals surface area contributed by atoms with Crippen LogP contribution >= 0.6 is 0 Å². The van der Waals surface area contributed by atoms with Crippen molar-refractivity contribution in [3.63, 3.8) is 0 Å². The standard InChI is InChI=1S/C24H37NO2/c1-4-23(24-12-17-9-18(13-24)11-19(24)10-17)25-14-20(26)15-27-22-8-6-5-7-21(22)16(2)3/h5-8,16-20,23,25-26H,4,9-15H2,1-3H3. The van der Waals surface area contributed by atoms with Crippen LogP contribution in [0.3, 0.4) is 0 Å². The molecule has 0 heterocycles. The van der Waals surface area contributed by atoms with Gasteiger partial charge in [-0.15, -0.1) is 0 Å². The quantitative estimate of drug-likeness (QED) is 0.658. The molecule has 0 aromatic heterocycles. The van der Waals surface area contributed by atoms with Gasteiger partial charge in [-0.25, -0.2) is 0 Å². The second kappa shape index (κ2) is 7.75. The Morgan fingerprint density at radius 2 is 1.85 bits per heavy atom. The predicted molar refractivity (Wildman–Crippen MR) is 110 cm³/mol. The van der Waals surface area contributed by atoms with Crippen molar-refractivity contribution in [2.75, 3.05) is 13.2 Å². The molecule has 3 nitrogen and oxygen atoms in total. The van der Waals surface area contributed by atoms with E-state index in [-0.39, 0.29) is 0 Å². The van der Waals surface area contributed by atoms with E-state index < -0.39 is 6.10 Å². The molecule has 2 N–H and O–H groups in total. The Kier molecular flexibility index (Phi) is 5.53. The molecule has 4 aliphatic rings. The van der Waals surface area contributed by atoms with Gasteiger partial charge >= 0.3 is 0 Å². The third kappa shape index (κ3) is 3.65. The van der Waals surface area contributed by atoms with Gasteiger partial charge in [0.25, 0.3) is 0 Å². The summed E-state index contributed by atoms with van der Waals surface area (Å²) in [7, 11) is 0. The number of nitrogens with one attached hydrogen (secondary N) is 1. The van der Waals surface area contributed by atoms with E-state index in [2.05, 4.69) is 38.2 Å². The Hall–Kier alpha value is -1.06. The number of ether oxygens (including phenoxy) is 1. The third-order valence-corrected chi connectivity index (χ3v) is 7.73. The molecule has 0 saturated heterocycles. The van der Waals surface area contributed by atoms with Crippen LogP contribution in [0.1, 0.15) is 70.8 Å².